The lowest BCUT2D eigenvalue weighted by Gasteiger charge is -2.21. The van der Waals surface area contributed by atoms with E-state index in [0.29, 0.717) is 37.6 Å². The molecule has 0 unspecified atom stereocenters. The van der Waals surface area contributed by atoms with Crippen molar-refractivity contribution < 1.29 is 13.9 Å². The number of hydrogen-bond acceptors (Lipinski definition) is 6. The normalized spacial score (nSPS) is 17.6. The van der Waals surface area contributed by atoms with Crippen LogP contribution >= 0.6 is 0 Å². The van der Waals surface area contributed by atoms with Gasteiger partial charge >= 0.3 is 0 Å². The van der Waals surface area contributed by atoms with Gasteiger partial charge in [-0.15, -0.1) is 0 Å². The maximum Gasteiger partial charge on any atom is 0.263 e. The molecule has 3 aromatic rings. The summed E-state index contributed by atoms with van der Waals surface area (Å²) in [6.45, 7) is 3.82. The van der Waals surface area contributed by atoms with Gasteiger partial charge in [0.2, 0.25) is 0 Å². The lowest BCUT2D eigenvalue weighted by Crippen LogP contribution is -2.39. The van der Waals surface area contributed by atoms with Crippen LogP contribution in [0.3, 0.4) is 0 Å². The first-order valence-electron chi connectivity index (χ1n) is 9.65. The number of carbonyl (C=O) groups excluding carboxylic acids is 1. The van der Waals surface area contributed by atoms with Crippen molar-refractivity contribution >= 4 is 17.1 Å². The fourth-order valence-electron chi connectivity index (χ4n) is 3.71. The lowest BCUT2D eigenvalue weighted by molar-refractivity contribution is -0.136. The number of amides is 1. The molecule has 1 fully saturated rings. The Morgan fingerprint density at radius 2 is 2.21 bits per heavy atom. The summed E-state index contributed by atoms with van der Waals surface area (Å²) in [5.74, 6) is -0.125. The van der Waals surface area contributed by atoms with Crippen LogP contribution in [0.15, 0.2) is 36.7 Å². The van der Waals surface area contributed by atoms with Crippen LogP contribution < -0.4 is 10.5 Å². The fraction of sp³-hybridized carbons (Fsp3) is 0.400. The molecule has 0 spiro atoms. The minimum Gasteiger partial charge on any atom is -0.481 e. The average molecular weight is 398 g/mol. The second-order valence-corrected chi connectivity index (χ2v) is 7.11. The van der Waals surface area contributed by atoms with Gasteiger partial charge in [0.1, 0.15) is 17.1 Å². The molecule has 1 saturated heterocycles. The van der Waals surface area contributed by atoms with Gasteiger partial charge in [-0.25, -0.2) is 19.0 Å². The van der Waals surface area contributed by atoms with Gasteiger partial charge in [-0.3, -0.25) is 4.79 Å². The number of halogens is 1. The van der Waals surface area contributed by atoms with Crippen LogP contribution in [0.25, 0.3) is 11.2 Å². The van der Waals surface area contributed by atoms with Gasteiger partial charge in [0, 0.05) is 44.0 Å². The van der Waals surface area contributed by atoms with E-state index < -0.39 is 11.9 Å². The molecule has 0 aliphatic carbocycles. The van der Waals surface area contributed by atoms with Crippen LogP contribution in [0.1, 0.15) is 25.0 Å². The van der Waals surface area contributed by atoms with Gasteiger partial charge in [-0.2, -0.15) is 5.10 Å². The maximum absolute atomic E-state index is 13.3. The number of hydrogen-bond donors (Lipinski definition) is 1. The van der Waals surface area contributed by atoms with E-state index in [9.17, 15) is 9.18 Å². The van der Waals surface area contributed by atoms with Gasteiger partial charge in [0.15, 0.2) is 11.8 Å². The number of nitrogens with zero attached hydrogens (tertiary/aromatic N) is 5. The van der Waals surface area contributed by atoms with Crippen molar-refractivity contribution in [2.45, 2.75) is 31.9 Å². The van der Waals surface area contributed by atoms with Crippen LogP contribution in [0.4, 0.5) is 4.39 Å². The molecular formula is C20H23FN6O2. The molecule has 0 bridgehead atoms. The first-order chi connectivity index (χ1) is 14.1. The zero-order chi connectivity index (χ0) is 20.4. The van der Waals surface area contributed by atoms with Crippen LogP contribution in [0, 0.1) is 5.82 Å². The summed E-state index contributed by atoms with van der Waals surface area (Å²) in [6.07, 6.45) is 3.36. The summed E-state index contributed by atoms with van der Waals surface area (Å²) in [5.41, 5.74) is 7.99. The Labute approximate surface area is 167 Å². The molecular weight excluding hydrogens is 375 g/mol. The monoisotopic (exact) mass is 398 g/mol. The third kappa shape index (κ3) is 3.91. The summed E-state index contributed by atoms with van der Waals surface area (Å²) in [4.78, 5) is 23.4. The van der Waals surface area contributed by atoms with Crippen LogP contribution in [0.2, 0.25) is 0 Å². The molecule has 152 valence electrons. The highest BCUT2D eigenvalue weighted by Crippen LogP contribution is 2.30. The first kappa shape index (κ1) is 19.3. The molecule has 2 atom stereocenters. The van der Waals surface area contributed by atoms with E-state index in [2.05, 4.69) is 15.1 Å². The van der Waals surface area contributed by atoms with Crippen LogP contribution in [-0.4, -0.2) is 56.3 Å². The highest BCUT2D eigenvalue weighted by atomic mass is 19.1. The molecule has 9 heteroatoms. The molecule has 1 aliphatic heterocycles. The van der Waals surface area contributed by atoms with Gasteiger partial charge < -0.3 is 15.4 Å². The van der Waals surface area contributed by atoms with E-state index in [4.69, 9.17) is 10.5 Å². The molecule has 0 saturated carbocycles. The Morgan fingerprint density at radius 3 is 3.00 bits per heavy atom. The van der Waals surface area contributed by atoms with Crippen molar-refractivity contribution in [1.82, 2.24) is 24.6 Å². The molecule has 8 nitrogen and oxygen atoms in total. The number of nitrogens with two attached hydrogens (primary N) is 1. The van der Waals surface area contributed by atoms with Crippen molar-refractivity contribution in [2.75, 3.05) is 19.6 Å². The number of benzene rings is 1. The fourth-order valence-corrected chi connectivity index (χ4v) is 3.71. The van der Waals surface area contributed by atoms with Gasteiger partial charge in [-0.05, 0) is 25.5 Å². The summed E-state index contributed by atoms with van der Waals surface area (Å²) in [6, 6.07) is 5.79. The zero-order valence-electron chi connectivity index (χ0n) is 16.2. The van der Waals surface area contributed by atoms with Crippen LogP contribution in [0.5, 0.6) is 5.75 Å². The lowest BCUT2D eigenvalue weighted by atomic mass is 10.0. The summed E-state index contributed by atoms with van der Waals surface area (Å²) in [5, 5.41) is 4.68. The minimum absolute atomic E-state index is 0.0681. The molecule has 2 aromatic heterocycles. The Bertz CT molecular complexity index is 1020. The second-order valence-electron chi connectivity index (χ2n) is 7.11. The summed E-state index contributed by atoms with van der Waals surface area (Å²) < 4.78 is 20.7. The Kier molecular flexibility index (Phi) is 5.39. The molecule has 2 N–H and O–H groups in total. The smallest absolute Gasteiger partial charge is 0.263 e. The average Bonchev–Trinajstić information content (AvgIpc) is 3.33. The van der Waals surface area contributed by atoms with Crippen molar-refractivity contribution in [3.8, 4) is 5.75 Å². The molecule has 1 aromatic carbocycles. The van der Waals surface area contributed by atoms with Gasteiger partial charge in [0.25, 0.3) is 5.91 Å². The molecule has 1 aliphatic rings. The van der Waals surface area contributed by atoms with Gasteiger partial charge in [-0.1, -0.05) is 6.07 Å². The molecule has 29 heavy (non-hydrogen) atoms. The molecule has 1 amide bonds. The SMILES string of the molecule is C[C@@H](Oc1cccc(F)c1)C(=O)N1CC[C@@H](c2nn(CCN)c3nccnc23)C1. The number of ether oxygens (including phenoxy) is 1. The van der Waals surface area contributed by atoms with E-state index in [1.54, 1.807) is 41.0 Å². The standard InChI is InChI=1S/C20H23FN6O2/c1-13(29-16-4-2-3-15(21)11-16)20(28)26-9-5-14(12-26)17-18-19(24-8-7-23-18)27(25-17)10-6-22/h2-4,7-8,11,13-14H,5-6,9-10,12,22H2,1H3/t13-,14-/m1/s1. The maximum atomic E-state index is 13.3. The predicted octanol–water partition coefficient (Wildman–Crippen LogP) is 1.71. The van der Waals surface area contributed by atoms with Crippen molar-refractivity contribution in [2.24, 2.45) is 5.73 Å². The van der Waals surface area contributed by atoms with Crippen molar-refractivity contribution in [3.05, 3.63) is 48.2 Å². The Hall–Kier alpha value is -3.07. The Morgan fingerprint density at radius 1 is 1.38 bits per heavy atom. The summed E-state index contributed by atoms with van der Waals surface area (Å²) in [7, 11) is 0. The Balaban J connectivity index is 1.47. The summed E-state index contributed by atoms with van der Waals surface area (Å²) >= 11 is 0. The number of fused-ring (bicyclic) bond motifs is 1. The third-order valence-corrected chi connectivity index (χ3v) is 5.08. The third-order valence-electron chi connectivity index (χ3n) is 5.08. The molecule has 4 rings (SSSR count). The number of aromatic nitrogens is 4. The number of likely N-dealkylation sites (tertiary alicyclic amines) is 1. The highest BCUT2D eigenvalue weighted by molar-refractivity contribution is 5.81. The molecule has 3 heterocycles. The van der Waals surface area contributed by atoms with Crippen LogP contribution in [-0.2, 0) is 11.3 Å². The van der Waals surface area contributed by atoms with E-state index in [-0.39, 0.29) is 11.8 Å². The van der Waals surface area contributed by atoms with E-state index in [1.165, 1.54) is 12.1 Å². The largest absolute Gasteiger partial charge is 0.481 e. The van der Waals surface area contributed by atoms with E-state index in [1.807, 2.05) is 0 Å². The topological polar surface area (TPSA) is 99.2 Å². The minimum atomic E-state index is -0.707. The first-order valence-corrected chi connectivity index (χ1v) is 9.65. The molecule has 0 radical (unpaired) electrons. The van der Waals surface area contributed by atoms with E-state index >= 15 is 0 Å². The van der Waals surface area contributed by atoms with Gasteiger partial charge in [0.05, 0.1) is 12.2 Å². The zero-order valence-corrected chi connectivity index (χ0v) is 16.2. The number of rotatable bonds is 6. The van der Waals surface area contributed by atoms with Crippen molar-refractivity contribution in [1.29, 1.82) is 0 Å². The quantitative estimate of drug-likeness (QED) is 0.679. The second kappa shape index (κ2) is 8.12. The number of carbonyl (C=O) groups is 1. The van der Waals surface area contributed by atoms with E-state index in [0.717, 1.165) is 17.6 Å². The highest BCUT2D eigenvalue weighted by Gasteiger charge is 2.33. The predicted molar refractivity (Wildman–Crippen MR) is 105 cm³/mol. The van der Waals surface area contributed by atoms with Crippen molar-refractivity contribution in [3.63, 3.8) is 0 Å².